The Labute approximate surface area is 130 Å². The van der Waals surface area contributed by atoms with Crippen LogP contribution in [0, 0.1) is 0 Å². The molecule has 10 heteroatoms. The molecule has 0 bridgehead atoms. The van der Waals surface area contributed by atoms with Crippen LogP contribution < -0.4 is 11.5 Å². The Kier molecular flexibility index (Phi) is 5.66. The van der Waals surface area contributed by atoms with Crippen molar-refractivity contribution in [1.29, 1.82) is 0 Å². The highest BCUT2D eigenvalue weighted by molar-refractivity contribution is 6.04. The molecule has 1 aromatic carbocycles. The summed E-state index contributed by atoms with van der Waals surface area (Å²) >= 11 is 0. The summed E-state index contributed by atoms with van der Waals surface area (Å²) in [4.78, 5) is 12.3. The fourth-order valence-corrected chi connectivity index (χ4v) is 1.96. The molecule has 11 N–H and O–H groups in total. The van der Waals surface area contributed by atoms with Gasteiger partial charge >= 0.3 is 0 Å². The van der Waals surface area contributed by atoms with Crippen LogP contribution in [0.3, 0.4) is 0 Å². The molecule has 3 atom stereocenters. The molecule has 0 aliphatic carbocycles. The van der Waals surface area contributed by atoms with Crippen molar-refractivity contribution in [3.05, 3.63) is 23.8 Å². The Morgan fingerprint density at radius 3 is 1.83 bits per heavy atom. The van der Waals surface area contributed by atoms with Gasteiger partial charge in [-0.25, -0.2) is 0 Å². The Bertz CT molecular complexity index is 559. The van der Waals surface area contributed by atoms with Gasteiger partial charge in [0.1, 0.15) is 12.2 Å². The van der Waals surface area contributed by atoms with Crippen LogP contribution in [0.15, 0.2) is 18.2 Å². The van der Waals surface area contributed by atoms with Crippen molar-refractivity contribution in [2.75, 3.05) is 24.7 Å². The van der Waals surface area contributed by atoms with Gasteiger partial charge in [0.2, 0.25) is 5.79 Å². The molecule has 1 rings (SSSR count). The van der Waals surface area contributed by atoms with Crippen LogP contribution in [-0.2, 0) is 0 Å². The van der Waals surface area contributed by atoms with Crippen LogP contribution >= 0.6 is 0 Å². The number of rotatable bonds is 7. The molecule has 0 aromatic heterocycles. The predicted octanol–water partition coefficient (Wildman–Crippen LogP) is -3.85. The first-order valence-electron chi connectivity index (χ1n) is 6.45. The zero-order chi connectivity index (χ0) is 18.0. The molecule has 0 heterocycles. The molecule has 130 valence electrons. The fourth-order valence-electron chi connectivity index (χ4n) is 1.96. The van der Waals surface area contributed by atoms with Gasteiger partial charge in [0.05, 0.1) is 13.2 Å². The number of aliphatic hydroxyl groups is 7. The van der Waals surface area contributed by atoms with E-state index in [0.717, 1.165) is 12.1 Å². The number of nitrogens with two attached hydrogens (primary N) is 2. The second kappa shape index (κ2) is 6.76. The number of Topliss-reactive ketones (excluding diaryl/α,β-unsaturated/α-hetero) is 1. The number of aliphatic hydroxyl groups excluding tert-OH is 4. The third-order valence-corrected chi connectivity index (χ3v) is 3.37. The Hall–Kier alpha value is -1.79. The van der Waals surface area contributed by atoms with Gasteiger partial charge < -0.3 is 47.2 Å². The highest BCUT2D eigenvalue weighted by Crippen LogP contribution is 2.26. The van der Waals surface area contributed by atoms with Crippen LogP contribution in [0.2, 0.25) is 0 Å². The molecule has 10 nitrogen and oxygen atoms in total. The molecule has 0 spiro atoms. The molecule has 0 unspecified atom stereocenters. The molecule has 0 radical (unpaired) electrons. The third kappa shape index (κ3) is 3.76. The van der Waals surface area contributed by atoms with Crippen LogP contribution in [0.1, 0.15) is 10.4 Å². The molecule has 0 fully saturated rings. The van der Waals surface area contributed by atoms with E-state index in [1.807, 2.05) is 0 Å². The zero-order valence-electron chi connectivity index (χ0n) is 12.0. The molecule has 0 amide bonds. The monoisotopic (exact) mass is 332 g/mol. The first-order chi connectivity index (χ1) is 10.5. The number of anilines is 2. The molecule has 1 aromatic rings. The van der Waals surface area contributed by atoms with E-state index >= 15 is 0 Å². The Morgan fingerprint density at radius 1 is 0.957 bits per heavy atom. The lowest BCUT2D eigenvalue weighted by Crippen LogP contribution is -2.63. The summed E-state index contributed by atoms with van der Waals surface area (Å²) in [6.07, 6.45) is -5.10. The molecule has 0 saturated heterocycles. The van der Waals surface area contributed by atoms with Gasteiger partial charge in [-0.2, -0.15) is 0 Å². The minimum absolute atomic E-state index is 0.0673. The van der Waals surface area contributed by atoms with E-state index in [1.165, 1.54) is 6.07 Å². The topological polar surface area (TPSA) is 211 Å². The first-order valence-corrected chi connectivity index (χ1v) is 6.45. The molecule has 0 saturated carbocycles. The van der Waals surface area contributed by atoms with E-state index in [0.29, 0.717) is 0 Å². The van der Waals surface area contributed by atoms with Gasteiger partial charge in [0.25, 0.3) is 0 Å². The average molecular weight is 332 g/mol. The third-order valence-electron chi connectivity index (χ3n) is 3.37. The maximum absolute atomic E-state index is 12.3. The van der Waals surface area contributed by atoms with E-state index in [-0.39, 0.29) is 16.9 Å². The van der Waals surface area contributed by atoms with Crippen molar-refractivity contribution in [3.8, 4) is 0 Å². The lowest BCUT2D eigenvalue weighted by Gasteiger charge is -2.37. The van der Waals surface area contributed by atoms with Crippen LogP contribution in [0.4, 0.5) is 11.4 Å². The highest BCUT2D eigenvalue weighted by Gasteiger charge is 2.52. The zero-order valence-corrected chi connectivity index (χ0v) is 12.0. The van der Waals surface area contributed by atoms with Gasteiger partial charge in [0.15, 0.2) is 11.4 Å². The summed E-state index contributed by atoms with van der Waals surface area (Å²) in [5.74, 6) is -4.48. The smallest absolute Gasteiger partial charge is 0.216 e. The number of hydrogen-bond acceptors (Lipinski definition) is 10. The molecule has 0 aliphatic heterocycles. The minimum Gasteiger partial charge on any atom is -0.399 e. The van der Waals surface area contributed by atoms with E-state index in [9.17, 15) is 35.4 Å². The number of carbonyl (C=O) groups is 1. The van der Waals surface area contributed by atoms with Gasteiger partial charge in [-0.3, -0.25) is 4.79 Å². The maximum Gasteiger partial charge on any atom is 0.216 e. The summed E-state index contributed by atoms with van der Waals surface area (Å²) in [6, 6.07) is 3.53. The maximum atomic E-state index is 12.3. The quantitative estimate of drug-likeness (QED) is 0.135. The van der Waals surface area contributed by atoms with Crippen LogP contribution in [-0.4, -0.2) is 78.3 Å². The van der Waals surface area contributed by atoms with Crippen molar-refractivity contribution in [3.63, 3.8) is 0 Å². The summed E-state index contributed by atoms with van der Waals surface area (Å²) < 4.78 is 0. The van der Waals surface area contributed by atoms with Crippen molar-refractivity contribution in [2.45, 2.75) is 23.6 Å². The molecule has 23 heavy (non-hydrogen) atoms. The van der Waals surface area contributed by atoms with E-state index < -0.39 is 42.6 Å². The van der Waals surface area contributed by atoms with Crippen LogP contribution in [0.25, 0.3) is 0 Å². The largest absolute Gasteiger partial charge is 0.399 e. The summed E-state index contributed by atoms with van der Waals surface area (Å²) in [5, 5.41) is 66.4. The second-order valence-electron chi connectivity index (χ2n) is 5.23. The normalized spacial score (nSPS) is 17.3. The predicted molar refractivity (Wildman–Crippen MR) is 77.9 cm³/mol. The number of hydrogen-bond donors (Lipinski definition) is 9. The SMILES string of the molecule is Nc1cc(N)cc(C(=O)[C@@](O)(CO)[C@H](O)[C@@H](O)C(O)(O)CO)c1. The van der Waals surface area contributed by atoms with Gasteiger partial charge in [-0.1, -0.05) is 0 Å². The van der Waals surface area contributed by atoms with Crippen molar-refractivity contribution >= 4 is 17.2 Å². The number of carbonyl (C=O) groups excluding carboxylic acids is 1. The summed E-state index contributed by atoms with van der Waals surface area (Å²) in [5.41, 5.74) is 7.87. The van der Waals surface area contributed by atoms with Gasteiger partial charge in [0, 0.05) is 16.9 Å². The number of benzene rings is 1. The van der Waals surface area contributed by atoms with Crippen molar-refractivity contribution < 1.29 is 40.5 Å². The lowest BCUT2D eigenvalue weighted by molar-refractivity contribution is -0.278. The van der Waals surface area contributed by atoms with Crippen LogP contribution in [0.5, 0.6) is 0 Å². The number of ketones is 1. The Balaban J connectivity index is 3.24. The van der Waals surface area contributed by atoms with E-state index in [1.54, 1.807) is 0 Å². The standard InChI is InChI=1S/C13H20N2O8/c14-7-1-6(2-8(15)3-7)9(18)12(21,4-16)10(19)11(20)13(22,23)5-17/h1-3,10-11,16-17,19-23H,4-5,14-15H2/t10-,11-,12+/m1/s1. The van der Waals surface area contributed by atoms with E-state index in [4.69, 9.17) is 16.6 Å². The molecular weight excluding hydrogens is 312 g/mol. The lowest BCUT2D eigenvalue weighted by atomic mass is 9.83. The van der Waals surface area contributed by atoms with Crippen molar-refractivity contribution in [1.82, 2.24) is 0 Å². The number of nitrogen functional groups attached to an aromatic ring is 2. The second-order valence-corrected chi connectivity index (χ2v) is 5.23. The highest BCUT2D eigenvalue weighted by atomic mass is 16.5. The average Bonchev–Trinajstić information content (AvgIpc) is 2.50. The summed E-state index contributed by atoms with van der Waals surface area (Å²) in [6.45, 7) is -2.76. The van der Waals surface area contributed by atoms with Crippen molar-refractivity contribution in [2.24, 2.45) is 0 Å². The molecule has 0 aliphatic rings. The van der Waals surface area contributed by atoms with E-state index in [2.05, 4.69) is 0 Å². The molecular formula is C13H20N2O8. The Morgan fingerprint density at radius 2 is 1.43 bits per heavy atom. The van der Waals surface area contributed by atoms with Gasteiger partial charge in [-0.05, 0) is 18.2 Å². The van der Waals surface area contributed by atoms with Gasteiger partial charge in [-0.15, -0.1) is 0 Å². The fraction of sp³-hybridized carbons (Fsp3) is 0.462. The first kappa shape index (κ1) is 19.3. The summed E-state index contributed by atoms with van der Waals surface area (Å²) in [7, 11) is 0. The minimum atomic E-state index is -3.21.